The van der Waals surface area contributed by atoms with E-state index in [1.54, 1.807) is 6.07 Å². The van der Waals surface area contributed by atoms with E-state index >= 15 is 0 Å². The third-order valence-electron chi connectivity index (χ3n) is 2.68. The molecule has 2 N–H and O–H groups in total. The van der Waals surface area contributed by atoms with Crippen LogP contribution in [0.25, 0.3) is 17.2 Å². The maximum atomic E-state index is 5.65. The quantitative estimate of drug-likeness (QED) is 0.776. The van der Waals surface area contributed by atoms with Crippen LogP contribution in [0.1, 0.15) is 12.2 Å². The molecule has 0 amide bonds. The smallest absolute Gasteiger partial charge is 0.187 e. The topological polar surface area (TPSA) is 69.6 Å². The minimum Gasteiger partial charge on any atom is -0.384 e. The molecular formula is C11H11N5. The van der Waals surface area contributed by atoms with Gasteiger partial charge in [-0.3, -0.25) is 4.57 Å². The lowest BCUT2D eigenvalue weighted by Gasteiger charge is -2.04. The van der Waals surface area contributed by atoms with Crippen molar-refractivity contribution in [1.29, 1.82) is 0 Å². The van der Waals surface area contributed by atoms with Crippen LogP contribution in [0.15, 0.2) is 24.8 Å². The van der Waals surface area contributed by atoms with Crippen LogP contribution in [0.5, 0.6) is 0 Å². The number of nitrogens with two attached hydrogens (primary N) is 1. The molecule has 0 saturated carbocycles. The van der Waals surface area contributed by atoms with Crippen molar-refractivity contribution < 1.29 is 0 Å². The second kappa shape index (κ2) is 3.16. The van der Waals surface area contributed by atoms with Gasteiger partial charge in [0.1, 0.15) is 17.3 Å². The summed E-state index contributed by atoms with van der Waals surface area (Å²) in [6, 6.07) is 5.48. The van der Waals surface area contributed by atoms with Crippen LogP contribution >= 0.6 is 0 Å². The summed E-state index contributed by atoms with van der Waals surface area (Å²) in [6.07, 6.45) is 1.83. The molecule has 5 nitrogen and oxygen atoms in total. The zero-order valence-corrected chi connectivity index (χ0v) is 8.72. The van der Waals surface area contributed by atoms with E-state index in [4.69, 9.17) is 5.73 Å². The number of hydrogen-bond acceptors (Lipinski definition) is 4. The molecule has 0 saturated heterocycles. The summed E-state index contributed by atoms with van der Waals surface area (Å²) in [5.74, 6) is 2.16. The average Bonchev–Trinajstić information content (AvgIpc) is 2.82. The maximum Gasteiger partial charge on any atom is 0.187 e. The molecule has 0 aliphatic carbocycles. The molecule has 3 heterocycles. The molecule has 80 valence electrons. The van der Waals surface area contributed by atoms with Gasteiger partial charge in [-0.15, -0.1) is 10.2 Å². The lowest BCUT2D eigenvalue weighted by Crippen LogP contribution is -1.98. The first-order valence-electron chi connectivity index (χ1n) is 5.11. The fraction of sp³-hybridized carbons (Fsp3) is 0.182. The third-order valence-corrected chi connectivity index (χ3v) is 2.68. The van der Waals surface area contributed by atoms with Gasteiger partial charge in [-0.2, -0.15) is 0 Å². The number of anilines is 1. The summed E-state index contributed by atoms with van der Waals surface area (Å²) < 4.78 is 1.96. The van der Waals surface area contributed by atoms with Gasteiger partial charge < -0.3 is 5.73 Å². The van der Waals surface area contributed by atoms with E-state index in [2.05, 4.69) is 21.8 Å². The van der Waals surface area contributed by atoms with Crippen molar-refractivity contribution in [3.05, 3.63) is 30.6 Å². The number of nitrogens with zero attached hydrogens (tertiary/aromatic N) is 4. The molecule has 2 aromatic heterocycles. The second-order valence-electron chi connectivity index (χ2n) is 3.79. The average molecular weight is 213 g/mol. The molecule has 16 heavy (non-hydrogen) atoms. The molecule has 1 aliphatic rings. The summed E-state index contributed by atoms with van der Waals surface area (Å²) in [7, 11) is 0. The van der Waals surface area contributed by atoms with E-state index in [0.29, 0.717) is 5.82 Å². The standard InChI is InChI=1S/C11H11N5/c1-7-5-6-10-14-15-11(16(7)10)8-3-2-4-9(12)13-8/h2-4H,1,5-6H2,(H2,12,13). The summed E-state index contributed by atoms with van der Waals surface area (Å²) in [5.41, 5.74) is 7.40. The first-order chi connectivity index (χ1) is 7.75. The Morgan fingerprint density at radius 3 is 2.94 bits per heavy atom. The van der Waals surface area contributed by atoms with Gasteiger partial charge in [0.05, 0.1) is 0 Å². The van der Waals surface area contributed by atoms with Gasteiger partial charge in [-0.25, -0.2) is 4.98 Å². The van der Waals surface area contributed by atoms with Crippen molar-refractivity contribution in [1.82, 2.24) is 19.7 Å². The van der Waals surface area contributed by atoms with Crippen molar-refractivity contribution in [3.63, 3.8) is 0 Å². The first kappa shape index (κ1) is 9.08. The van der Waals surface area contributed by atoms with Gasteiger partial charge in [0, 0.05) is 12.1 Å². The summed E-state index contributed by atoms with van der Waals surface area (Å²) >= 11 is 0. The van der Waals surface area contributed by atoms with Gasteiger partial charge in [0.25, 0.3) is 0 Å². The van der Waals surface area contributed by atoms with Gasteiger partial charge in [-0.05, 0) is 18.6 Å². The summed E-state index contributed by atoms with van der Waals surface area (Å²) in [5, 5.41) is 8.26. The van der Waals surface area contributed by atoms with Crippen LogP contribution in [0, 0.1) is 0 Å². The van der Waals surface area contributed by atoms with Crippen molar-refractivity contribution in [2.75, 3.05) is 5.73 Å². The molecule has 0 unspecified atom stereocenters. The zero-order chi connectivity index (χ0) is 11.1. The first-order valence-corrected chi connectivity index (χ1v) is 5.11. The van der Waals surface area contributed by atoms with Crippen molar-refractivity contribution in [3.8, 4) is 11.5 Å². The highest BCUT2D eigenvalue weighted by Crippen LogP contribution is 2.28. The predicted octanol–water partition coefficient (Wildman–Crippen LogP) is 1.34. The SMILES string of the molecule is C=C1CCc2nnc(-c3cccc(N)n3)n21. The van der Waals surface area contributed by atoms with Crippen LogP contribution < -0.4 is 5.73 Å². The molecule has 1 aliphatic heterocycles. The Kier molecular flexibility index (Phi) is 1.80. The van der Waals surface area contributed by atoms with E-state index in [9.17, 15) is 0 Å². The number of pyridine rings is 1. The van der Waals surface area contributed by atoms with Gasteiger partial charge in [0.2, 0.25) is 0 Å². The molecule has 0 aromatic carbocycles. The van der Waals surface area contributed by atoms with Crippen molar-refractivity contribution in [2.45, 2.75) is 12.8 Å². The molecule has 5 heteroatoms. The largest absolute Gasteiger partial charge is 0.384 e. The number of nitrogen functional groups attached to an aromatic ring is 1. The second-order valence-corrected chi connectivity index (χ2v) is 3.79. The van der Waals surface area contributed by atoms with E-state index in [1.807, 2.05) is 16.7 Å². The molecule has 0 bridgehead atoms. The van der Waals surface area contributed by atoms with Crippen LogP contribution in [-0.4, -0.2) is 19.7 Å². The molecular weight excluding hydrogens is 202 g/mol. The van der Waals surface area contributed by atoms with Crippen LogP contribution in [0.3, 0.4) is 0 Å². The van der Waals surface area contributed by atoms with Crippen LogP contribution in [0.4, 0.5) is 5.82 Å². The van der Waals surface area contributed by atoms with E-state index in [-0.39, 0.29) is 0 Å². The number of allylic oxidation sites excluding steroid dienone is 1. The van der Waals surface area contributed by atoms with E-state index in [1.165, 1.54) is 0 Å². The Bertz CT molecular complexity index is 570. The fourth-order valence-electron chi connectivity index (χ4n) is 1.92. The molecule has 0 radical (unpaired) electrons. The van der Waals surface area contributed by atoms with Gasteiger partial charge in [-0.1, -0.05) is 12.6 Å². The Balaban J connectivity index is 2.18. The Labute approximate surface area is 92.6 Å². The minimum atomic E-state index is 0.485. The lowest BCUT2D eigenvalue weighted by atomic mass is 10.3. The number of rotatable bonds is 1. The molecule has 0 atom stereocenters. The summed E-state index contributed by atoms with van der Waals surface area (Å²) in [4.78, 5) is 4.24. The fourth-order valence-corrected chi connectivity index (χ4v) is 1.92. The van der Waals surface area contributed by atoms with Crippen molar-refractivity contribution in [2.24, 2.45) is 0 Å². The third kappa shape index (κ3) is 1.21. The molecule has 0 fully saturated rings. The number of aromatic nitrogens is 4. The van der Waals surface area contributed by atoms with Gasteiger partial charge in [0.15, 0.2) is 5.82 Å². The maximum absolute atomic E-state index is 5.65. The number of aryl methyl sites for hydroxylation is 1. The van der Waals surface area contributed by atoms with Crippen molar-refractivity contribution >= 4 is 11.5 Å². The highest BCUT2D eigenvalue weighted by atomic mass is 15.3. The minimum absolute atomic E-state index is 0.485. The van der Waals surface area contributed by atoms with E-state index < -0.39 is 0 Å². The normalized spacial score (nSPS) is 14.1. The lowest BCUT2D eigenvalue weighted by molar-refractivity contribution is 0.944. The van der Waals surface area contributed by atoms with Gasteiger partial charge >= 0.3 is 0 Å². The molecule has 3 rings (SSSR count). The number of hydrogen-bond donors (Lipinski definition) is 1. The highest BCUT2D eigenvalue weighted by Gasteiger charge is 2.22. The predicted molar refractivity (Wildman–Crippen MR) is 61.3 cm³/mol. The molecule has 2 aromatic rings. The molecule has 0 spiro atoms. The Morgan fingerprint density at radius 2 is 2.12 bits per heavy atom. The Morgan fingerprint density at radius 1 is 1.25 bits per heavy atom. The highest BCUT2D eigenvalue weighted by molar-refractivity contribution is 5.61. The number of fused-ring (bicyclic) bond motifs is 1. The summed E-state index contributed by atoms with van der Waals surface area (Å²) in [6.45, 7) is 4.00. The zero-order valence-electron chi connectivity index (χ0n) is 8.72. The Hall–Kier alpha value is -2.17. The van der Waals surface area contributed by atoms with Crippen LogP contribution in [-0.2, 0) is 6.42 Å². The van der Waals surface area contributed by atoms with Crippen LogP contribution in [0.2, 0.25) is 0 Å². The van der Waals surface area contributed by atoms with E-state index in [0.717, 1.165) is 35.9 Å². The monoisotopic (exact) mass is 213 g/mol.